The Morgan fingerprint density at radius 1 is 1.03 bits per heavy atom. The Bertz CT molecular complexity index is 1250. The number of nitrogens with one attached hydrogen (secondary N) is 1. The second-order valence-electron chi connectivity index (χ2n) is 6.88. The summed E-state index contributed by atoms with van der Waals surface area (Å²) >= 11 is 0. The molecule has 0 bridgehead atoms. The van der Waals surface area contributed by atoms with Gasteiger partial charge < -0.3 is 5.32 Å². The summed E-state index contributed by atoms with van der Waals surface area (Å²) in [5, 5.41) is 18.1. The Kier molecular flexibility index (Phi) is 5.17. The molecule has 9 nitrogen and oxygen atoms in total. The molecule has 2 aromatic carbocycles. The highest BCUT2D eigenvalue weighted by atomic mass is 16.2. The Balaban J connectivity index is 1.50. The zero-order chi connectivity index (χ0) is 21.1. The van der Waals surface area contributed by atoms with Crippen LogP contribution in [0.1, 0.15) is 11.1 Å². The average molecular weight is 401 g/mol. The van der Waals surface area contributed by atoms with Gasteiger partial charge in [-0.15, -0.1) is 5.10 Å². The Morgan fingerprint density at radius 3 is 2.57 bits per heavy atom. The first-order chi connectivity index (χ1) is 14.5. The zero-order valence-electron chi connectivity index (χ0n) is 16.5. The molecule has 0 spiro atoms. The highest BCUT2D eigenvalue weighted by molar-refractivity contribution is 5.90. The molecule has 2 aromatic heterocycles. The largest absolute Gasteiger partial charge is 0.324 e. The molecule has 0 radical (unpaired) electrons. The number of aromatic nitrogens is 6. The number of tetrazole rings is 1. The summed E-state index contributed by atoms with van der Waals surface area (Å²) in [5.41, 5.74) is 4.74. The number of benzene rings is 2. The molecule has 30 heavy (non-hydrogen) atoms. The van der Waals surface area contributed by atoms with Crippen molar-refractivity contribution in [3.05, 3.63) is 82.4 Å². The third kappa shape index (κ3) is 4.14. The van der Waals surface area contributed by atoms with Crippen LogP contribution < -0.4 is 10.9 Å². The molecular formula is C21H19N7O2. The first-order valence-corrected chi connectivity index (χ1v) is 9.29. The maximum Gasteiger partial charge on any atom is 0.267 e. The van der Waals surface area contributed by atoms with E-state index < -0.39 is 0 Å². The predicted octanol–water partition coefficient (Wildman–Crippen LogP) is 2.14. The molecule has 0 atom stereocenters. The molecule has 0 aliphatic heterocycles. The molecule has 1 amide bonds. The van der Waals surface area contributed by atoms with Gasteiger partial charge in [0.05, 0.1) is 11.4 Å². The summed E-state index contributed by atoms with van der Waals surface area (Å²) < 4.78 is 2.68. The van der Waals surface area contributed by atoms with E-state index in [1.54, 1.807) is 30.3 Å². The highest BCUT2D eigenvalue weighted by Gasteiger charge is 2.10. The van der Waals surface area contributed by atoms with Crippen LogP contribution in [0.25, 0.3) is 16.9 Å². The molecule has 4 rings (SSSR count). The minimum absolute atomic E-state index is 0.188. The van der Waals surface area contributed by atoms with Gasteiger partial charge in [-0.2, -0.15) is 5.10 Å². The smallest absolute Gasteiger partial charge is 0.267 e. The molecule has 0 saturated heterocycles. The van der Waals surface area contributed by atoms with Crippen molar-refractivity contribution >= 4 is 11.6 Å². The van der Waals surface area contributed by atoms with E-state index in [0.717, 1.165) is 22.4 Å². The van der Waals surface area contributed by atoms with Crippen LogP contribution >= 0.6 is 0 Å². The van der Waals surface area contributed by atoms with E-state index in [0.29, 0.717) is 11.4 Å². The van der Waals surface area contributed by atoms with Crippen LogP contribution in [0.5, 0.6) is 0 Å². The second-order valence-corrected chi connectivity index (χ2v) is 6.88. The van der Waals surface area contributed by atoms with Crippen LogP contribution in [0.2, 0.25) is 0 Å². The SMILES string of the molecule is Cc1ccc(C)c(-c2ccc(=O)n(CC(=O)Nc3ccc(-n4cnnn4)cc3)n2)c1. The van der Waals surface area contributed by atoms with Gasteiger partial charge in [0.1, 0.15) is 12.9 Å². The van der Waals surface area contributed by atoms with E-state index in [-0.39, 0.29) is 18.0 Å². The summed E-state index contributed by atoms with van der Waals surface area (Å²) in [6.45, 7) is 3.79. The predicted molar refractivity (Wildman–Crippen MR) is 111 cm³/mol. The number of hydrogen-bond acceptors (Lipinski definition) is 6. The standard InChI is InChI=1S/C21H19N7O2/c1-14-3-4-15(2)18(11-14)19-9-10-21(30)27(24-19)12-20(29)23-16-5-7-17(8-6-16)28-13-22-25-26-28/h3-11,13H,12H2,1-2H3,(H,23,29). The molecule has 150 valence electrons. The first kappa shape index (κ1) is 19.2. The topological polar surface area (TPSA) is 108 Å². The zero-order valence-corrected chi connectivity index (χ0v) is 16.5. The fourth-order valence-electron chi connectivity index (χ4n) is 3.03. The normalized spacial score (nSPS) is 10.7. The highest BCUT2D eigenvalue weighted by Crippen LogP contribution is 2.21. The lowest BCUT2D eigenvalue weighted by Gasteiger charge is -2.10. The molecule has 0 unspecified atom stereocenters. The lowest BCUT2D eigenvalue weighted by molar-refractivity contribution is -0.117. The molecule has 4 aromatic rings. The van der Waals surface area contributed by atoms with Crippen LogP contribution in [0.15, 0.2) is 65.7 Å². The van der Waals surface area contributed by atoms with Gasteiger partial charge in [0.2, 0.25) is 5.91 Å². The van der Waals surface area contributed by atoms with Gasteiger partial charge in [0, 0.05) is 17.3 Å². The van der Waals surface area contributed by atoms with E-state index >= 15 is 0 Å². The van der Waals surface area contributed by atoms with Gasteiger partial charge in [-0.3, -0.25) is 9.59 Å². The molecule has 1 N–H and O–H groups in total. The van der Waals surface area contributed by atoms with Gasteiger partial charge in [0.25, 0.3) is 5.56 Å². The molecule has 0 saturated carbocycles. The Labute approximate surface area is 172 Å². The van der Waals surface area contributed by atoms with Gasteiger partial charge in [0.15, 0.2) is 0 Å². The van der Waals surface area contributed by atoms with Crippen molar-refractivity contribution in [1.29, 1.82) is 0 Å². The van der Waals surface area contributed by atoms with E-state index in [2.05, 4.69) is 25.9 Å². The minimum atomic E-state index is -0.349. The lowest BCUT2D eigenvalue weighted by Crippen LogP contribution is -2.29. The fourth-order valence-corrected chi connectivity index (χ4v) is 3.03. The lowest BCUT2D eigenvalue weighted by atomic mass is 10.0. The van der Waals surface area contributed by atoms with Crippen molar-refractivity contribution in [2.24, 2.45) is 0 Å². The van der Waals surface area contributed by atoms with E-state index in [1.807, 2.05) is 32.0 Å². The van der Waals surface area contributed by atoms with Gasteiger partial charge in [-0.05, 0) is 66.2 Å². The Morgan fingerprint density at radius 2 is 1.83 bits per heavy atom. The number of nitrogens with zero attached hydrogens (tertiary/aromatic N) is 6. The monoisotopic (exact) mass is 401 g/mol. The van der Waals surface area contributed by atoms with Crippen molar-refractivity contribution < 1.29 is 4.79 Å². The number of amides is 1. The Hall–Kier alpha value is -4.14. The van der Waals surface area contributed by atoms with Crippen LogP contribution in [0.4, 0.5) is 5.69 Å². The first-order valence-electron chi connectivity index (χ1n) is 9.29. The van der Waals surface area contributed by atoms with E-state index in [4.69, 9.17) is 0 Å². The average Bonchev–Trinajstić information content (AvgIpc) is 3.27. The van der Waals surface area contributed by atoms with Crippen molar-refractivity contribution in [2.45, 2.75) is 20.4 Å². The summed E-state index contributed by atoms with van der Waals surface area (Å²) in [7, 11) is 0. The van der Waals surface area contributed by atoms with Crippen LogP contribution in [0, 0.1) is 13.8 Å². The van der Waals surface area contributed by atoms with Crippen molar-refractivity contribution in [3.63, 3.8) is 0 Å². The summed E-state index contributed by atoms with van der Waals surface area (Å²) in [5.74, 6) is -0.349. The molecule has 0 aliphatic rings. The van der Waals surface area contributed by atoms with E-state index in [9.17, 15) is 9.59 Å². The van der Waals surface area contributed by atoms with Gasteiger partial charge >= 0.3 is 0 Å². The van der Waals surface area contributed by atoms with Crippen LogP contribution in [-0.4, -0.2) is 35.9 Å². The van der Waals surface area contributed by atoms with Gasteiger partial charge in [-0.25, -0.2) is 9.36 Å². The van der Waals surface area contributed by atoms with E-state index in [1.165, 1.54) is 21.8 Å². The third-order valence-corrected chi connectivity index (χ3v) is 4.59. The van der Waals surface area contributed by atoms with Gasteiger partial charge in [-0.1, -0.05) is 17.7 Å². The number of aryl methyl sites for hydroxylation is 2. The maximum atomic E-state index is 12.5. The van der Waals surface area contributed by atoms with Crippen LogP contribution in [0.3, 0.4) is 0 Å². The minimum Gasteiger partial charge on any atom is -0.324 e. The summed E-state index contributed by atoms with van der Waals surface area (Å²) in [4.78, 5) is 24.7. The summed E-state index contributed by atoms with van der Waals surface area (Å²) in [6.07, 6.45) is 1.48. The number of rotatable bonds is 5. The number of carbonyl (C=O) groups excluding carboxylic acids is 1. The molecular weight excluding hydrogens is 382 g/mol. The third-order valence-electron chi connectivity index (χ3n) is 4.59. The second kappa shape index (κ2) is 8.08. The summed E-state index contributed by atoms with van der Waals surface area (Å²) in [6, 6.07) is 16.2. The fraction of sp³-hybridized carbons (Fsp3) is 0.143. The number of carbonyl (C=O) groups is 1. The number of anilines is 1. The quantitative estimate of drug-likeness (QED) is 0.549. The number of hydrogen-bond donors (Lipinski definition) is 1. The molecule has 2 heterocycles. The van der Waals surface area contributed by atoms with Crippen molar-refractivity contribution in [3.8, 4) is 16.9 Å². The van der Waals surface area contributed by atoms with Crippen LogP contribution in [-0.2, 0) is 11.3 Å². The van der Waals surface area contributed by atoms with Crippen molar-refractivity contribution in [2.75, 3.05) is 5.32 Å². The molecule has 0 aliphatic carbocycles. The molecule has 9 heteroatoms. The molecule has 0 fully saturated rings. The maximum absolute atomic E-state index is 12.5. The van der Waals surface area contributed by atoms with Crippen molar-refractivity contribution in [1.82, 2.24) is 30.0 Å².